The van der Waals surface area contributed by atoms with Crippen LogP contribution in [-0.2, 0) is 14.5 Å². The maximum Gasteiger partial charge on any atom is 0.376 e. The van der Waals surface area contributed by atoms with Gasteiger partial charge in [0.05, 0.1) is 26.4 Å². The Hall–Kier alpha value is -1.79. The fraction of sp³-hybridized carbons (Fsp3) is 0.533. The molecule has 0 radical (unpaired) electrons. The van der Waals surface area contributed by atoms with E-state index in [2.05, 4.69) is 0 Å². The highest BCUT2D eigenvalue weighted by atomic mass is 17.2. The van der Waals surface area contributed by atoms with Gasteiger partial charge in [0.2, 0.25) is 0 Å². The van der Waals surface area contributed by atoms with Crippen LogP contribution >= 0.6 is 0 Å². The summed E-state index contributed by atoms with van der Waals surface area (Å²) in [7, 11) is 4.62. The number of hydrogen-bond acceptors (Lipinski definition) is 6. The molecule has 1 aromatic carbocycles. The van der Waals surface area contributed by atoms with E-state index in [1.54, 1.807) is 25.3 Å². The first-order chi connectivity index (χ1) is 9.93. The molecule has 0 bridgehead atoms. The molecule has 6 heteroatoms. The average molecular weight is 298 g/mol. The second kappa shape index (κ2) is 7.85. The van der Waals surface area contributed by atoms with Gasteiger partial charge in [-0.2, -0.15) is 4.89 Å². The van der Waals surface area contributed by atoms with E-state index in [4.69, 9.17) is 24.0 Å². The highest BCUT2D eigenvalue weighted by Crippen LogP contribution is 2.25. The minimum absolute atomic E-state index is 0.241. The maximum atomic E-state index is 11.9. The summed E-state index contributed by atoms with van der Waals surface area (Å²) in [5.74, 6) is 0.330. The van der Waals surface area contributed by atoms with Crippen molar-refractivity contribution in [2.24, 2.45) is 0 Å². The molecule has 0 aliphatic rings. The Morgan fingerprint density at radius 3 is 2.43 bits per heavy atom. The molecule has 0 fully saturated rings. The molecule has 21 heavy (non-hydrogen) atoms. The van der Waals surface area contributed by atoms with Crippen molar-refractivity contribution in [1.29, 1.82) is 0 Å². The Kier molecular flexibility index (Phi) is 6.45. The molecule has 0 saturated heterocycles. The summed E-state index contributed by atoms with van der Waals surface area (Å²) in [5, 5.41) is 0. The Labute approximate surface area is 124 Å². The van der Waals surface area contributed by atoms with E-state index >= 15 is 0 Å². The van der Waals surface area contributed by atoms with Crippen molar-refractivity contribution < 1.29 is 28.8 Å². The second-order valence-corrected chi connectivity index (χ2v) is 4.97. The van der Waals surface area contributed by atoms with Crippen molar-refractivity contribution >= 4 is 5.97 Å². The van der Waals surface area contributed by atoms with Crippen LogP contribution in [0.4, 0.5) is 0 Å². The van der Waals surface area contributed by atoms with Gasteiger partial charge < -0.3 is 14.2 Å². The van der Waals surface area contributed by atoms with Crippen molar-refractivity contribution in [1.82, 2.24) is 0 Å². The molecule has 0 aliphatic heterocycles. The number of ether oxygens (including phenoxy) is 3. The quantitative estimate of drug-likeness (QED) is 0.417. The van der Waals surface area contributed by atoms with Crippen LogP contribution in [0.3, 0.4) is 0 Å². The fourth-order valence-electron chi connectivity index (χ4n) is 1.50. The van der Waals surface area contributed by atoms with E-state index in [0.29, 0.717) is 17.9 Å². The van der Waals surface area contributed by atoms with Gasteiger partial charge in [-0.3, -0.25) is 4.89 Å². The van der Waals surface area contributed by atoms with E-state index < -0.39 is 5.97 Å². The van der Waals surface area contributed by atoms with E-state index in [-0.39, 0.29) is 17.8 Å². The highest BCUT2D eigenvalue weighted by molar-refractivity contribution is 5.92. The van der Waals surface area contributed by atoms with Crippen molar-refractivity contribution in [3.8, 4) is 11.5 Å². The van der Waals surface area contributed by atoms with Crippen molar-refractivity contribution in [2.45, 2.75) is 25.9 Å². The van der Waals surface area contributed by atoms with Crippen molar-refractivity contribution in [3.05, 3.63) is 23.8 Å². The van der Waals surface area contributed by atoms with Crippen LogP contribution in [0.15, 0.2) is 18.2 Å². The summed E-state index contributed by atoms with van der Waals surface area (Å²) < 4.78 is 15.4. The first-order valence-electron chi connectivity index (χ1n) is 6.54. The first-order valence-corrected chi connectivity index (χ1v) is 6.54. The summed E-state index contributed by atoms with van der Waals surface area (Å²) in [4.78, 5) is 21.6. The van der Waals surface area contributed by atoms with Gasteiger partial charge in [0.1, 0.15) is 17.1 Å². The smallest absolute Gasteiger partial charge is 0.376 e. The molecule has 1 aromatic rings. The molecule has 6 nitrogen and oxygen atoms in total. The molecular formula is C15H22O6. The lowest BCUT2D eigenvalue weighted by atomic mass is 10.1. The SMILES string of the molecule is COc1ccc(C(=O)OOCCC(C)(C)OC)c(OC)c1. The lowest BCUT2D eigenvalue weighted by Crippen LogP contribution is -2.24. The topological polar surface area (TPSA) is 63.2 Å². The van der Waals surface area contributed by atoms with Gasteiger partial charge in [-0.15, -0.1) is 0 Å². The zero-order valence-corrected chi connectivity index (χ0v) is 13.1. The first kappa shape index (κ1) is 17.3. The lowest BCUT2D eigenvalue weighted by molar-refractivity contribution is -0.247. The fourth-order valence-corrected chi connectivity index (χ4v) is 1.50. The maximum absolute atomic E-state index is 11.9. The third-order valence-corrected chi connectivity index (χ3v) is 3.10. The third-order valence-electron chi connectivity index (χ3n) is 3.10. The van der Waals surface area contributed by atoms with Gasteiger partial charge in [-0.1, -0.05) is 0 Å². The summed E-state index contributed by atoms with van der Waals surface area (Å²) in [6.45, 7) is 4.08. The standard InChI is InChI=1S/C15H22O6/c1-15(2,19-5)8-9-20-21-14(16)12-7-6-11(17-3)10-13(12)18-4/h6-7,10H,8-9H2,1-5H3. The van der Waals surface area contributed by atoms with E-state index in [1.165, 1.54) is 14.2 Å². The highest BCUT2D eigenvalue weighted by Gasteiger charge is 2.18. The van der Waals surface area contributed by atoms with Crippen LogP contribution in [-0.4, -0.2) is 39.5 Å². The Balaban J connectivity index is 2.56. The van der Waals surface area contributed by atoms with Gasteiger partial charge in [-0.05, 0) is 26.0 Å². The van der Waals surface area contributed by atoms with Crippen molar-refractivity contribution in [2.75, 3.05) is 27.9 Å². The normalized spacial score (nSPS) is 11.1. The number of hydrogen-bond donors (Lipinski definition) is 0. The van der Waals surface area contributed by atoms with Gasteiger partial charge in [-0.25, -0.2) is 4.79 Å². The molecule has 0 unspecified atom stereocenters. The zero-order chi connectivity index (χ0) is 15.9. The van der Waals surface area contributed by atoms with Gasteiger partial charge >= 0.3 is 5.97 Å². The molecule has 0 aliphatic carbocycles. The predicted molar refractivity (Wildman–Crippen MR) is 76.6 cm³/mol. The lowest BCUT2D eigenvalue weighted by Gasteiger charge is -2.21. The Bertz CT molecular complexity index is 469. The minimum Gasteiger partial charge on any atom is -0.497 e. The number of methoxy groups -OCH3 is 3. The molecule has 0 heterocycles. The molecule has 0 amide bonds. The Morgan fingerprint density at radius 1 is 1.14 bits per heavy atom. The number of carbonyl (C=O) groups is 1. The molecule has 0 saturated carbocycles. The molecule has 0 aromatic heterocycles. The summed E-state index contributed by atoms with van der Waals surface area (Å²) >= 11 is 0. The Morgan fingerprint density at radius 2 is 1.86 bits per heavy atom. The van der Waals surface area contributed by atoms with Crippen LogP contribution < -0.4 is 9.47 Å². The number of rotatable bonds is 8. The molecule has 1 rings (SSSR count). The summed E-state index contributed by atoms with van der Waals surface area (Å²) in [5.41, 5.74) is -0.0613. The molecule has 0 atom stereocenters. The van der Waals surface area contributed by atoms with Gasteiger partial charge in [0.15, 0.2) is 0 Å². The van der Waals surface area contributed by atoms with E-state index in [9.17, 15) is 4.79 Å². The van der Waals surface area contributed by atoms with Crippen molar-refractivity contribution in [3.63, 3.8) is 0 Å². The van der Waals surface area contributed by atoms with Gasteiger partial charge in [0, 0.05) is 19.6 Å². The van der Waals surface area contributed by atoms with Crippen LogP contribution in [0.1, 0.15) is 30.6 Å². The van der Waals surface area contributed by atoms with E-state index in [0.717, 1.165) is 0 Å². The molecule has 0 spiro atoms. The minimum atomic E-state index is -0.621. The largest absolute Gasteiger partial charge is 0.497 e. The monoisotopic (exact) mass is 298 g/mol. The number of carbonyl (C=O) groups excluding carboxylic acids is 1. The zero-order valence-electron chi connectivity index (χ0n) is 13.1. The predicted octanol–water partition coefficient (Wildman–Crippen LogP) is 2.61. The molecular weight excluding hydrogens is 276 g/mol. The number of benzene rings is 1. The van der Waals surface area contributed by atoms with Crippen LogP contribution in [0.25, 0.3) is 0 Å². The summed E-state index contributed by atoms with van der Waals surface area (Å²) in [6.07, 6.45) is 0.594. The molecule has 118 valence electrons. The van der Waals surface area contributed by atoms with Crippen LogP contribution in [0.5, 0.6) is 11.5 Å². The third kappa shape index (κ3) is 5.24. The van der Waals surface area contributed by atoms with E-state index in [1.807, 2.05) is 13.8 Å². The van der Waals surface area contributed by atoms with Crippen LogP contribution in [0, 0.1) is 0 Å². The second-order valence-electron chi connectivity index (χ2n) is 4.97. The summed E-state index contributed by atoms with van der Waals surface area (Å²) in [6, 6.07) is 4.81. The van der Waals surface area contributed by atoms with Crippen LogP contribution in [0.2, 0.25) is 0 Å². The van der Waals surface area contributed by atoms with Gasteiger partial charge in [0.25, 0.3) is 0 Å². The molecule has 0 N–H and O–H groups in total. The average Bonchev–Trinajstić information content (AvgIpc) is 2.50.